The number of carbonyl (C=O) groups is 1. The number of aryl methyl sites for hydroxylation is 1. The van der Waals surface area contributed by atoms with Crippen molar-refractivity contribution in [2.24, 2.45) is 0 Å². The maximum atomic E-state index is 11.9. The average molecular weight is 338 g/mol. The molecule has 7 heteroatoms. The Morgan fingerprint density at radius 3 is 2.95 bits per heavy atom. The van der Waals surface area contributed by atoms with Crippen LogP contribution in [-0.2, 0) is 11.2 Å². The van der Waals surface area contributed by atoms with Gasteiger partial charge in [-0.05, 0) is 24.6 Å². The zero-order chi connectivity index (χ0) is 15.9. The predicted octanol–water partition coefficient (Wildman–Crippen LogP) is 3.11. The van der Waals surface area contributed by atoms with Gasteiger partial charge in [-0.3, -0.25) is 9.59 Å². The number of halogens is 1. The lowest BCUT2D eigenvalue weighted by Gasteiger charge is -2.06. The predicted molar refractivity (Wildman–Crippen MR) is 89.7 cm³/mol. The number of nitrogens with zero attached hydrogens (tertiary/aromatic N) is 1. The summed E-state index contributed by atoms with van der Waals surface area (Å²) < 4.78 is 0. The number of anilines is 1. The van der Waals surface area contributed by atoms with Gasteiger partial charge in [0.05, 0.1) is 5.75 Å². The first-order chi connectivity index (χ1) is 10.6. The molecule has 0 bridgehead atoms. The molecule has 5 nitrogen and oxygen atoms in total. The highest BCUT2D eigenvalue weighted by molar-refractivity contribution is 7.99. The molecular weight excluding hydrogens is 322 g/mol. The van der Waals surface area contributed by atoms with Crippen LogP contribution >= 0.6 is 23.4 Å². The first-order valence-electron chi connectivity index (χ1n) is 6.85. The van der Waals surface area contributed by atoms with E-state index in [0.29, 0.717) is 15.9 Å². The molecule has 1 amide bonds. The summed E-state index contributed by atoms with van der Waals surface area (Å²) >= 11 is 7.05. The van der Waals surface area contributed by atoms with Crippen molar-refractivity contribution >= 4 is 35.0 Å². The van der Waals surface area contributed by atoms with Crippen molar-refractivity contribution in [3.05, 3.63) is 51.4 Å². The smallest absolute Gasteiger partial charge is 0.251 e. The van der Waals surface area contributed by atoms with E-state index in [9.17, 15) is 9.59 Å². The third-order valence-corrected chi connectivity index (χ3v) is 3.84. The quantitative estimate of drug-likeness (QED) is 0.627. The zero-order valence-electron chi connectivity index (χ0n) is 12.1. The molecule has 2 rings (SSSR count). The van der Waals surface area contributed by atoms with Crippen LogP contribution in [0.2, 0.25) is 5.02 Å². The second kappa shape index (κ2) is 8.00. The van der Waals surface area contributed by atoms with Gasteiger partial charge in [0.2, 0.25) is 5.91 Å². The molecule has 0 saturated heterocycles. The van der Waals surface area contributed by atoms with Gasteiger partial charge in [0.1, 0.15) is 0 Å². The molecule has 22 heavy (non-hydrogen) atoms. The minimum absolute atomic E-state index is 0.158. The second-order valence-corrected chi connectivity index (χ2v) is 6.04. The molecule has 1 heterocycles. The minimum Gasteiger partial charge on any atom is -0.325 e. The Balaban J connectivity index is 1.95. The van der Waals surface area contributed by atoms with Crippen molar-refractivity contribution in [3.8, 4) is 0 Å². The van der Waals surface area contributed by atoms with Gasteiger partial charge in [-0.2, -0.15) is 0 Å². The minimum atomic E-state index is -0.198. The largest absolute Gasteiger partial charge is 0.325 e. The SMILES string of the molecule is CCCc1cc(=O)[nH]c(SCC(=O)Nc2cccc(Cl)c2)n1. The summed E-state index contributed by atoms with van der Waals surface area (Å²) in [5.41, 5.74) is 1.18. The van der Waals surface area contributed by atoms with Crippen LogP contribution in [0.1, 0.15) is 19.0 Å². The highest BCUT2D eigenvalue weighted by Crippen LogP contribution is 2.16. The Kier molecular flexibility index (Phi) is 6.03. The number of H-pyrrole nitrogens is 1. The van der Waals surface area contributed by atoms with E-state index in [1.807, 2.05) is 6.92 Å². The number of hydrogen-bond donors (Lipinski definition) is 2. The van der Waals surface area contributed by atoms with Gasteiger partial charge >= 0.3 is 0 Å². The number of nitrogens with one attached hydrogen (secondary N) is 2. The number of thioether (sulfide) groups is 1. The molecule has 0 aliphatic carbocycles. The summed E-state index contributed by atoms with van der Waals surface area (Å²) in [7, 11) is 0. The number of amides is 1. The lowest BCUT2D eigenvalue weighted by Crippen LogP contribution is -2.15. The van der Waals surface area contributed by atoms with Gasteiger partial charge in [0.25, 0.3) is 5.56 Å². The van der Waals surface area contributed by atoms with Gasteiger partial charge in [-0.25, -0.2) is 4.98 Å². The average Bonchev–Trinajstić information content (AvgIpc) is 2.45. The summed E-state index contributed by atoms with van der Waals surface area (Å²) in [6.45, 7) is 2.02. The van der Waals surface area contributed by atoms with Gasteiger partial charge in [-0.1, -0.05) is 42.8 Å². The Morgan fingerprint density at radius 1 is 1.41 bits per heavy atom. The maximum absolute atomic E-state index is 11.9. The molecule has 0 fully saturated rings. The third-order valence-electron chi connectivity index (χ3n) is 2.73. The zero-order valence-corrected chi connectivity index (χ0v) is 13.6. The number of rotatable bonds is 6. The Morgan fingerprint density at radius 2 is 2.23 bits per heavy atom. The highest BCUT2D eigenvalue weighted by Gasteiger charge is 2.07. The molecule has 2 aromatic rings. The molecular formula is C15H16ClN3O2S. The molecule has 0 atom stereocenters. The van der Waals surface area contributed by atoms with Crippen LogP contribution in [0.3, 0.4) is 0 Å². The fraction of sp³-hybridized carbons (Fsp3) is 0.267. The second-order valence-electron chi connectivity index (χ2n) is 4.64. The molecule has 0 unspecified atom stereocenters. The van der Waals surface area contributed by atoms with Crippen molar-refractivity contribution in [1.82, 2.24) is 9.97 Å². The number of aromatic amines is 1. The molecule has 0 radical (unpaired) electrons. The van der Waals surface area contributed by atoms with E-state index in [-0.39, 0.29) is 17.2 Å². The lowest BCUT2D eigenvalue weighted by atomic mass is 10.2. The first-order valence-corrected chi connectivity index (χ1v) is 8.21. The van der Waals surface area contributed by atoms with Gasteiger partial charge in [0, 0.05) is 22.5 Å². The Hall–Kier alpha value is -1.79. The van der Waals surface area contributed by atoms with E-state index in [1.54, 1.807) is 24.3 Å². The Labute approximate surface area is 137 Å². The fourth-order valence-corrected chi connectivity index (χ4v) is 2.72. The molecule has 0 aliphatic heterocycles. The summed E-state index contributed by atoms with van der Waals surface area (Å²) in [5.74, 6) is -0.0267. The number of hydrogen-bond acceptors (Lipinski definition) is 4. The maximum Gasteiger partial charge on any atom is 0.251 e. The van der Waals surface area contributed by atoms with Crippen molar-refractivity contribution in [2.75, 3.05) is 11.1 Å². The fourth-order valence-electron chi connectivity index (χ4n) is 1.83. The van der Waals surface area contributed by atoms with Crippen molar-refractivity contribution in [2.45, 2.75) is 24.9 Å². The van der Waals surface area contributed by atoms with Crippen molar-refractivity contribution in [1.29, 1.82) is 0 Å². The molecule has 1 aromatic heterocycles. The number of carbonyl (C=O) groups excluding carboxylic acids is 1. The van der Waals surface area contributed by atoms with Gasteiger partial charge in [-0.15, -0.1) is 0 Å². The van der Waals surface area contributed by atoms with E-state index in [0.717, 1.165) is 18.5 Å². The van der Waals surface area contributed by atoms with Crippen molar-refractivity contribution < 1.29 is 4.79 Å². The normalized spacial score (nSPS) is 10.5. The van der Waals surface area contributed by atoms with E-state index in [2.05, 4.69) is 15.3 Å². The van der Waals surface area contributed by atoms with Crippen LogP contribution in [0, 0.1) is 0 Å². The summed E-state index contributed by atoms with van der Waals surface area (Å²) in [5, 5.41) is 3.76. The highest BCUT2D eigenvalue weighted by atomic mass is 35.5. The van der Waals surface area contributed by atoms with E-state index in [4.69, 9.17) is 11.6 Å². The third kappa shape index (κ3) is 5.20. The molecule has 0 aliphatic rings. The van der Waals surface area contributed by atoms with E-state index >= 15 is 0 Å². The summed E-state index contributed by atoms with van der Waals surface area (Å²) in [4.78, 5) is 30.4. The monoisotopic (exact) mass is 337 g/mol. The first kappa shape index (κ1) is 16.6. The van der Waals surface area contributed by atoms with Crippen LogP contribution in [0.15, 0.2) is 40.3 Å². The molecule has 2 N–H and O–H groups in total. The van der Waals surface area contributed by atoms with E-state index < -0.39 is 0 Å². The molecule has 0 spiro atoms. The number of aromatic nitrogens is 2. The molecule has 1 aromatic carbocycles. The van der Waals surface area contributed by atoms with Crippen LogP contribution in [-0.4, -0.2) is 21.6 Å². The van der Waals surface area contributed by atoms with Gasteiger partial charge in [0.15, 0.2) is 5.16 Å². The van der Waals surface area contributed by atoms with Crippen LogP contribution < -0.4 is 10.9 Å². The lowest BCUT2D eigenvalue weighted by molar-refractivity contribution is -0.113. The van der Waals surface area contributed by atoms with Crippen LogP contribution in [0.5, 0.6) is 0 Å². The summed E-state index contributed by atoms with van der Waals surface area (Å²) in [6, 6.07) is 8.42. The molecule has 116 valence electrons. The topological polar surface area (TPSA) is 74.8 Å². The Bertz CT molecular complexity index is 718. The number of benzene rings is 1. The standard InChI is InChI=1S/C15H16ClN3O2S/c1-2-4-11-8-13(20)19-15(18-11)22-9-14(21)17-12-6-3-5-10(16)7-12/h3,5-8H,2,4,9H2,1H3,(H,17,21)(H,18,19,20). The van der Waals surface area contributed by atoms with E-state index in [1.165, 1.54) is 17.8 Å². The van der Waals surface area contributed by atoms with Gasteiger partial charge < -0.3 is 10.3 Å². The van der Waals surface area contributed by atoms with Crippen molar-refractivity contribution in [3.63, 3.8) is 0 Å². The van der Waals surface area contributed by atoms with Crippen LogP contribution in [0.4, 0.5) is 5.69 Å². The summed E-state index contributed by atoms with van der Waals surface area (Å²) in [6.07, 6.45) is 1.65. The molecule has 0 saturated carbocycles. The van der Waals surface area contributed by atoms with Crippen LogP contribution in [0.25, 0.3) is 0 Å².